The van der Waals surface area contributed by atoms with Crippen LogP contribution in [0.25, 0.3) is 0 Å². The SMILES string of the molecule is CCC(C)(C)C(=O)Nc1nc(C)cc(C)n1. The Hall–Kier alpha value is -1.45. The quantitative estimate of drug-likeness (QED) is 0.853. The Labute approximate surface area is 96.5 Å². The Morgan fingerprint density at radius 2 is 1.81 bits per heavy atom. The van der Waals surface area contributed by atoms with Gasteiger partial charge in [-0.2, -0.15) is 0 Å². The van der Waals surface area contributed by atoms with E-state index in [0.29, 0.717) is 5.95 Å². The molecule has 1 heterocycles. The minimum Gasteiger partial charge on any atom is -0.294 e. The molecular formula is C12H19N3O. The molecular weight excluding hydrogens is 202 g/mol. The molecule has 0 bridgehead atoms. The lowest BCUT2D eigenvalue weighted by molar-refractivity contribution is -0.124. The van der Waals surface area contributed by atoms with Gasteiger partial charge < -0.3 is 0 Å². The normalized spacial score (nSPS) is 11.3. The summed E-state index contributed by atoms with van der Waals surface area (Å²) in [4.78, 5) is 20.3. The minimum atomic E-state index is -0.388. The molecule has 0 aromatic carbocycles. The highest BCUT2D eigenvalue weighted by atomic mass is 16.2. The average Bonchev–Trinajstić information content (AvgIpc) is 2.15. The fourth-order valence-corrected chi connectivity index (χ4v) is 1.21. The molecule has 0 radical (unpaired) electrons. The van der Waals surface area contributed by atoms with Gasteiger partial charge in [0.1, 0.15) is 0 Å². The zero-order valence-electron chi connectivity index (χ0n) is 10.6. The minimum absolute atomic E-state index is 0.0417. The lowest BCUT2D eigenvalue weighted by atomic mass is 9.89. The first-order valence-corrected chi connectivity index (χ1v) is 5.49. The van der Waals surface area contributed by atoms with Gasteiger partial charge in [-0.15, -0.1) is 0 Å². The van der Waals surface area contributed by atoms with E-state index in [9.17, 15) is 4.79 Å². The number of amides is 1. The molecule has 0 saturated heterocycles. The van der Waals surface area contributed by atoms with Gasteiger partial charge in [0.15, 0.2) is 0 Å². The van der Waals surface area contributed by atoms with Crippen LogP contribution in [-0.4, -0.2) is 15.9 Å². The van der Waals surface area contributed by atoms with E-state index in [1.165, 1.54) is 0 Å². The Morgan fingerprint density at radius 1 is 1.31 bits per heavy atom. The maximum Gasteiger partial charge on any atom is 0.232 e. The van der Waals surface area contributed by atoms with Gasteiger partial charge in [-0.25, -0.2) is 9.97 Å². The number of rotatable bonds is 3. The highest BCUT2D eigenvalue weighted by Gasteiger charge is 2.25. The molecule has 1 N–H and O–H groups in total. The predicted molar refractivity (Wildman–Crippen MR) is 64.2 cm³/mol. The number of carbonyl (C=O) groups excluding carboxylic acids is 1. The van der Waals surface area contributed by atoms with Crippen LogP contribution in [0.2, 0.25) is 0 Å². The van der Waals surface area contributed by atoms with E-state index in [1.807, 2.05) is 40.7 Å². The van der Waals surface area contributed by atoms with Gasteiger partial charge in [0.2, 0.25) is 11.9 Å². The number of nitrogens with zero attached hydrogens (tertiary/aromatic N) is 2. The van der Waals surface area contributed by atoms with Crippen molar-refractivity contribution in [3.05, 3.63) is 17.5 Å². The molecule has 16 heavy (non-hydrogen) atoms. The maximum atomic E-state index is 11.9. The molecule has 0 atom stereocenters. The lowest BCUT2D eigenvalue weighted by Gasteiger charge is -2.20. The molecule has 1 aromatic heterocycles. The highest BCUT2D eigenvalue weighted by molar-refractivity contribution is 5.93. The molecule has 4 heteroatoms. The number of hydrogen-bond donors (Lipinski definition) is 1. The van der Waals surface area contributed by atoms with E-state index in [4.69, 9.17) is 0 Å². The summed E-state index contributed by atoms with van der Waals surface area (Å²) in [6.07, 6.45) is 0.781. The Kier molecular flexibility index (Phi) is 3.62. The van der Waals surface area contributed by atoms with Crippen LogP contribution in [0.1, 0.15) is 38.6 Å². The average molecular weight is 221 g/mol. The van der Waals surface area contributed by atoms with Crippen molar-refractivity contribution in [1.82, 2.24) is 9.97 Å². The van der Waals surface area contributed by atoms with Crippen LogP contribution in [-0.2, 0) is 4.79 Å². The molecule has 0 aliphatic rings. The Bertz CT molecular complexity index is 379. The largest absolute Gasteiger partial charge is 0.294 e. The second-order valence-corrected chi connectivity index (χ2v) is 4.67. The Morgan fingerprint density at radius 3 is 2.25 bits per heavy atom. The number of carbonyl (C=O) groups is 1. The van der Waals surface area contributed by atoms with Crippen molar-refractivity contribution in [1.29, 1.82) is 0 Å². The number of aromatic nitrogens is 2. The third kappa shape index (κ3) is 3.02. The monoisotopic (exact) mass is 221 g/mol. The summed E-state index contributed by atoms with van der Waals surface area (Å²) in [6.45, 7) is 9.57. The summed E-state index contributed by atoms with van der Waals surface area (Å²) in [7, 11) is 0. The standard InChI is InChI=1S/C12H19N3O/c1-6-12(4,5)10(16)15-11-13-8(2)7-9(3)14-11/h7H,6H2,1-5H3,(H,13,14,15,16). The smallest absolute Gasteiger partial charge is 0.232 e. The van der Waals surface area contributed by atoms with Gasteiger partial charge in [-0.1, -0.05) is 20.8 Å². The van der Waals surface area contributed by atoms with Gasteiger partial charge in [-0.3, -0.25) is 10.1 Å². The highest BCUT2D eigenvalue weighted by Crippen LogP contribution is 2.21. The molecule has 0 unspecified atom stereocenters. The topological polar surface area (TPSA) is 54.9 Å². The van der Waals surface area contributed by atoms with E-state index in [1.54, 1.807) is 0 Å². The third-order valence-corrected chi connectivity index (χ3v) is 2.71. The van der Waals surface area contributed by atoms with Crippen LogP contribution < -0.4 is 5.32 Å². The van der Waals surface area contributed by atoms with Crippen molar-refractivity contribution >= 4 is 11.9 Å². The van der Waals surface area contributed by atoms with E-state index in [-0.39, 0.29) is 11.3 Å². The number of anilines is 1. The molecule has 4 nitrogen and oxygen atoms in total. The summed E-state index contributed by atoms with van der Waals surface area (Å²) in [5.74, 6) is 0.351. The molecule has 1 amide bonds. The van der Waals surface area contributed by atoms with E-state index >= 15 is 0 Å². The van der Waals surface area contributed by atoms with E-state index in [2.05, 4.69) is 15.3 Å². The van der Waals surface area contributed by atoms with Crippen molar-refractivity contribution in [2.45, 2.75) is 41.0 Å². The number of hydrogen-bond acceptors (Lipinski definition) is 3. The van der Waals surface area contributed by atoms with Gasteiger partial charge in [0, 0.05) is 16.8 Å². The summed E-state index contributed by atoms with van der Waals surface area (Å²) >= 11 is 0. The zero-order valence-corrected chi connectivity index (χ0v) is 10.6. The third-order valence-electron chi connectivity index (χ3n) is 2.71. The van der Waals surface area contributed by atoms with Gasteiger partial charge >= 0.3 is 0 Å². The van der Waals surface area contributed by atoms with Crippen molar-refractivity contribution in [3.63, 3.8) is 0 Å². The zero-order chi connectivity index (χ0) is 12.3. The van der Waals surface area contributed by atoms with Crippen LogP contribution in [0, 0.1) is 19.3 Å². The molecule has 0 saturated carbocycles. The lowest BCUT2D eigenvalue weighted by Crippen LogP contribution is -2.30. The number of aryl methyl sites for hydroxylation is 2. The van der Waals surface area contributed by atoms with Crippen molar-refractivity contribution < 1.29 is 4.79 Å². The van der Waals surface area contributed by atoms with Crippen LogP contribution in [0.3, 0.4) is 0 Å². The van der Waals surface area contributed by atoms with Gasteiger partial charge in [0.05, 0.1) is 0 Å². The predicted octanol–water partition coefficient (Wildman–Crippen LogP) is 2.47. The molecule has 0 fully saturated rings. The van der Waals surface area contributed by atoms with Crippen LogP contribution in [0.15, 0.2) is 6.07 Å². The first kappa shape index (κ1) is 12.6. The van der Waals surface area contributed by atoms with Crippen molar-refractivity contribution in [2.24, 2.45) is 5.41 Å². The van der Waals surface area contributed by atoms with Crippen LogP contribution >= 0.6 is 0 Å². The van der Waals surface area contributed by atoms with Crippen molar-refractivity contribution in [3.8, 4) is 0 Å². The fourth-order valence-electron chi connectivity index (χ4n) is 1.21. The van der Waals surface area contributed by atoms with Crippen molar-refractivity contribution in [2.75, 3.05) is 5.32 Å². The summed E-state index contributed by atoms with van der Waals surface area (Å²) in [6, 6.07) is 1.88. The molecule has 0 spiro atoms. The summed E-state index contributed by atoms with van der Waals surface area (Å²) in [5.41, 5.74) is 1.33. The molecule has 0 aliphatic carbocycles. The van der Waals surface area contributed by atoms with Gasteiger partial charge in [-0.05, 0) is 26.3 Å². The molecule has 0 aliphatic heterocycles. The second kappa shape index (κ2) is 4.60. The first-order chi connectivity index (χ1) is 7.35. The second-order valence-electron chi connectivity index (χ2n) is 4.67. The Balaban J connectivity index is 2.85. The van der Waals surface area contributed by atoms with Gasteiger partial charge in [0.25, 0.3) is 0 Å². The van der Waals surface area contributed by atoms with Crippen LogP contribution in [0.5, 0.6) is 0 Å². The maximum absolute atomic E-state index is 11.9. The fraction of sp³-hybridized carbons (Fsp3) is 0.583. The molecule has 1 aromatic rings. The van der Waals surface area contributed by atoms with E-state index in [0.717, 1.165) is 17.8 Å². The number of nitrogens with one attached hydrogen (secondary N) is 1. The first-order valence-electron chi connectivity index (χ1n) is 5.49. The summed E-state index contributed by atoms with van der Waals surface area (Å²) in [5, 5.41) is 2.75. The van der Waals surface area contributed by atoms with E-state index < -0.39 is 0 Å². The van der Waals surface area contributed by atoms with Crippen LogP contribution in [0.4, 0.5) is 5.95 Å². The molecule has 1 rings (SSSR count). The molecule has 88 valence electrons. The summed E-state index contributed by atoms with van der Waals surface area (Å²) < 4.78 is 0.